The molecule has 5 fully saturated rings. The average molecular weight is 669 g/mol. The van der Waals surface area contributed by atoms with Gasteiger partial charge in [-0.15, -0.1) is 11.6 Å². The quantitative estimate of drug-likeness (QED) is 0.401. The molecule has 0 spiro atoms. The zero-order valence-corrected chi connectivity index (χ0v) is 26.8. The zero-order valence-electron chi connectivity index (χ0n) is 26.1. The third-order valence-electron chi connectivity index (χ3n) is 11.2. The molecule has 250 valence electrons. The second-order valence-electron chi connectivity index (χ2n) is 14.1. The topological polar surface area (TPSA) is 118 Å². The van der Waals surface area contributed by atoms with Crippen molar-refractivity contribution in [3.05, 3.63) is 35.7 Å². The molecule has 12 nitrogen and oxygen atoms in total. The smallest absolute Gasteiger partial charge is 0.319 e. The maximum atomic E-state index is 17.2. The molecule has 47 heavy (non-hydrogen) atoms. The Morgan fingerprint density at radius 3 is 3.04 bits per heavy atom. The van der Waals surface area contributed by atoms with Crippen LogP contribution in [-0.4, -0.2) is 111 Å². The summed E-state index contributed by atoms with van der Waals surface area (Å²) in [6.45, 7) is 4.86. The van der Waals surface area contributed by atoms with Crippen LogP contribution < -0.4 is 20.5 Å². The SMILES string of the molecule is Fc1c2ncc3c(nc(OC[C@@]45CCCN4C[C@H](F)C5)nc13)N1CCOCC(C1)Cn1ncc(n1)/C=C\C1C(Cl)CC3NNCC3C21. The number of ether oxygens (including phenoxy) is 2. The van der Waals surface area contributed by atoms with Crippen molar-refractivity contribution < 1.29 is 18.3 Å². The van der Waals surface area contributed by atoms with Crippen LogP contribution in [0, 0.1) is 23.6 Å². The minimum Gasteiger partial charge on any atom is -0.461 e. The first-order valence-corrected chi connectivity index (χ1v) is 17.3. The molecular formula is C32H39ClF2N10O2. The highest BCUT2D eigenvalue weighted by Gasteiger charge is 2.50. The minimum absolute atomic E-state index is 0.0428. The number of hydrogen-bond donors (Lipinski definition) is 2. The largest absolute Gasteiger partial charge is 0.461 e. The normalized spacial score (nSPS) is 36.0. The summed E-state index contributed by atoms with van der Waals surface area (Å²) in [6.07, 6.45) is 9.56. The Labute approximate surface area is 276 Å². The molecule has 6 unspecified atom stereocenters. The van der Waals surface area contributed by atoms with Crippen LogP contribution in [0.5, 0.6) is 6.01 Å². The first-order valence-electron chi connectivity index (χ1n) is 16.9. The van der Waals surface area contributed by atoms with Gasteiger partial charge in [-0.25, -0.2) is 8.78 Å². The zero-order chi connectivity index (χ0) is 31.7. The van der Waals surface area contributed by atoms with Crippen molar-refractivity contribution in [2.75, 3.05) is 57.4 Å². The van der Waals surface area contributed by atoms with Crippen LogP contribution >= 0.6 is 11.6 Å². The molecule has 7 aliphatic rings. The highest BCUT2D eigenvalue weighted by molar-refractivity contribution is 6.21. The number of alkyl halides is 2. The third-order valence-corrected chi connectivity index (χ3v) is 11.7. The second-order valence-corrected chi connectivity index (χ2v) is 14.7. The van der Waals surface area contributed by atoms with Gasteiger partial charge in [-0.05, 0) is 37.8 Å². The lowest BCUT2D eigenvalue weighted by Gasteiger charge is -2.40. The number of pyridine rings is 1. The van der Waals surface area contributed by atoms with Crippen LogP contribution in [-0.2, 0) is 11.3 Å². The van der Waals surface area contributed by atoms with E-state index in [-0.39, 0.29) is 58.8 Å². The molecule has 8 bridgehead atoms. The molecule has 9 heterocycles. The van der Waals surface area contributed by atoms with Crippen molar-refractivity contribution in [1.29, 1.82) is 0 Å². The van der Waals surface area contributed by atoms with Gasteiger partial charge in [-0.2, -0.15) is 25.0 Å². The predicted octanol–water partition coefficient (Wildman–Crippen LogP) is 2.69. The van der Waals surface area contributed by atoms with Gasteiger partial charge < -0.3 is 14.4 Å². The molecule has 8 atom stereocenters. The molecule has 3 aromatic rings. The molecule has 2 N–H and O–H groups in total. The summed E-state index contributed by atoms with van der Waals surface area (Å²) in [5.41, 5.74) is 7.46. The molecule has 4 saturated heterocycles. The first-order chi connectivity index (χ1) is 22.9. The fourth-order valence-electron chi connectivity index (χ4n) is 9.02. The number of hydrazine groups is 1. The summed E-state index contributed by atoms with van der Waals surface area (Å²) in [5.74, 6) is -0.377. The fraction of sp³-hybridized carbons (Fsp3) is 0.656. The molecule has 0 radical (unpaired) electrons. The number of allylic oxidation sites excluding steroid dienone is 1. The molecule has 3 aromatic heterocycles. The Balaban J connectivity index is 1.19. The lowest BCUT2D eigenvalue weighted by molar-refractivity contribution is 0.107. The van der Waals surface area contributed by atoms with E-state index in [2.05, 4.69) is 25.8 Å². The van der Waals surface area contributed by atoms with Crippen molar-refractivity contribution in [2.45, 2.75) is 61.3 Å². The van der Waals surface area contributed by atoms with E-state index in [1.165, 1.54) is 0 Å². The van der Waals surface area contributed by atoms with Gasteiger partial charge in [0.1, 0.15) is 29.8 Å². The number of halogens is 3. The highest BCUT2D eigenvalue weighted by Crippen LogP contribution is 2.47. The van der Waals surface area contributed by atoms with Gasteiger partial charge in [0.05, 0.1) is 42.6 Å². The van der Waals surface area contributed by atoms with Gasteiger partial charge in [-0.3, -0.25) is 20.7 Å². The van der Waals surface area contributed by atoms with E-state index in [1.807, 2.05) is 12.2 Å². The van der Waals surface area contributed by atoms with Crippen molar-refractivity contribution in [3.63, 3.8) is 0 Å². The maximum Gasteiger partial charge on any atom is 0.319 e. The van der Waals surface area contributed by atoms with E-state index in [9.17, 15) is 4.39 Å². The Morgan fingerprint density at radius 2 is 2.11 bits per heavy atom. The van der Waals surface area contributed by atoms with Crippen LogP contribution in [0.3, 0.4) is 0 Å². The standard InChI is InChI=1S/C32H39ClF2N10O2/c33-24-8-25-22(12-37-41-25)26-21(24)3-2-20-10-38-45(42-20)14-18-13-43(6-7-46-16-18)30-23-11-36-29(26)27(35)28(23)39-31(40-30)47-17-32-4-1-5-44(32)15-19(34)9-32/h2-3,10-11,18-19,21-22,24-26,37,41H,1,4-9,12-17H2/b3-2-/t18?,19-,21?,22?,24?,25?,26?,32+/m1/s1. The Bertz CT molecular complexity index is 1690. The van der Waals surface area contributed by atoms with Crippen molar-refractivity contribution in [1.82, 2.24) is 45.7 Å². The van der Waals surface area contributed by atoms with Crippen LogP contribution in [0.4, 0.5) is 14.6 Å². The van der Waals surface area contributed by atoms with Gasteiger partial charge in [0.2, 0.25) is 0 Å². The molecule has 10 rings (SSSR count). The number of rotatable bonds is 3. The van der Waals surface area contributed by atoms with Crippen LogP contribution in [0.1, 0.15) is 43.0 Å². The van der Waals surface area contributed by atoms with Gasteiger partial charge in [0.25, 0.3) is 0 Å². The number of hydrogen-bond acceptors (Lipinski definition) is 11. The lowest BCUT2D eigenvalue weighted by atomic mass is 9.68. The maximum absolute atomic E-state index is 17.2. The van der Waals surface area contributed by atoms with E-state index in [1.54, 1.807) is 17.2 Å². The summed E-state index contributed by atoms with van der Waals surface area (Å²) in [6, 6.07) is 0.162. The summed E-state index contributed by atoms with van der Waals surface area (Å²) in [7, 11) is 0. The van der Waals surface area contributed by atoms with Crippen LogP contribution in [0.25, 0.3) is 17.0 Å². The molecular weight excluding hydrogens is 630 g/mol. The summed E-state index contributed by atoms with van der Waals surface area (Å²) in [4.78, 5) is 20.5. The van der Waals surface area contributed by atoms with E-state index >= 15 is 4.39 Å². The van der Waals surface area contributed by atoms with Gasteiger partial charge >= 0.3 is 6.01 Å². The number of anilines is 1. The van der Waals surface area contributed by atoms with E-state index < -0.39 is 12.0 Å². The number of nitrogens with zero attached hydrogens (tertiary/aromatic N) is 8. The second kappa shape index (κ2) is 11.8. The number of fused-ring (bicyclic) bond motifs is 3. The van der Waals surface area contributed by atoms with Crippen LogP contribution in [0.15, 0.2) is 18.5 Å². The predicted molar refractivity (Wildman–Crippen MR) is 170 cm³/mol. The van der Waals surface area contributed by atoms with Gasteiger partial charge in [-0.1, -0.05) is 6.08 Å². The van der Waals surface area contributed by atoms with Crippen molar-refractivity contribution in [3.8, 4) is 6.01 Å². The molecule has 0 aromatic carbocycles. The molecule has 15 heteroatoms. The highest BCUT2D eigenvalue weighted by atomic mass is 35.5. The summed E-state index contributed by atoms with van der Waals surface area (Å²) in [5, 5.41) is 9.53. The Kier molecular flexibility index (Phi) is 7.56. The average Bonchev–Trinajstić information content (AvgIpc) is 3.81. The van der Waals surface area contributed by atoms with Crippen molar-refractivity contribution in [2.24, 2.45) is 17.8 Å². The van der Waals surface area contributed by atoms with E-state index in [4.69, 9.17) is 41.1 Å². The van der Waals surface area contributed by atoms with E-state index in [0.29, 0.717) is 69.3 Å². The Hall–Kier alpha value is -3.04. The third kappa shape index (κ3) is 5.27. The van der Waals surface area contributed by atoms with E-state index in [0.717, 1.165) is 31.5 Å². The fourth-order valence-corrected chi connectivity index (χ4v) is 9.46. The lowest BCUT2D eigenvalue weighted by Crippen LogP contribution is -2.45. The van der Waals surface area contributed by atoms with Gasteiger partial charge in [0, 0.05) is 68.0 Å². The van der Waals surface area contributed by atoms with Gasteiger partial charge in [0.15, 0.2) is 5.82 Å². The summed E-state index contributed by atoms with van der Waals surface area (Å²) >= 11 is 7.08. The monoisotopic (exact) mass is 668 g/mol. The summed E-state index contributed by atoms with van der Waals surface area (Å²) < 4.78 is 44.1. The number of nitrogens with one attached hydrogen (secondary N) is 2. The molecule has 1 saturated carbocycles. The molecule has 1 aliphatic carbocycles. The molecule has 6 aliphatic heterocycles. The molecule has 0 amide bonds. The first kappa shape index (κ1) is 30.1. The minimum atomic E-state index is -0.883. The van der Waals surface area contributed by atoms with Crippen LogP contribution in [0.2, 0.25) is 0 Å². The van der Waals surface area contributed by atoms with Crippen molar-refractivity contribution >= 4 is 34.4 Å². The Morgan fingerprint density at radius 1 is 1.17 bits per heavy atom. The number of aromatic nitrogens is 6.